The van der Waals surface area contributed by atoms with Gasteiger partial charge in [-0.1, -0.05) is 15.9 Å². The van der Waals surface area contributed by atoms with Crippen LogP contribution in [0.3, 0.4) is 0 Å². The number of carbonyl (C=O) groups is 1. The third-order valence-electron chi connectivity index (χ3n) is 4.09. The second-order valence-electron chi connectivity index (χ2n) is 5.76. The number of benzene rings is 1. The summed E-state index contributed by atoms with van der Waals surface area (Å²) >= 11 is 3.47. The molecule has 2 N–H and O–H groups in total. The fourth-order valence-corrected chi connectivity index (χ4v) is 3.74. The lowest BCUT2D eigenvalue weighted by molar-refractivity contribution is 0.246. The highest BCUT2D eigenvalue weighted by Gasteiger charge is 2.24. The molecule has 0 spiro atoms. The Kier molecular flexibility index (Phi) is 4.25. The number of halogens is 1. The van der Waals surface area contributed by atoms with Crippen LogP contribution in [0.25, 0.3) is 0 Å². The van der Waals surface area contributed by atoms with Gasteiger partial charge in [0.1, 0.15) is 5.76 Å². The molecule has 0 bridgehead atoms. The zero-order valence-electron chi connectivity index (χ0n) is 12.7. The fraction of sp³-hybridized carbons (Fsp3) is 0.353. The Morgan fingerprint density at radius 2 is 2.05 bits per heavy atom. The molecular weight excluding hydrogens is 344 g/mol. The predicted octanol–water partition coefficient (Wildman–Crippen LogP) is 4.86. The molecule has 116 valence electrons. The van der Waals surface area contributed by atoms with Gasteiger partial charge in [-0.2, -0.15) is 0 Å². The number of amides is 2. The molecule has 2 aromatic rings. The number of urea groups is 1. The van der Waals surface area contributed by atoms with Crippen molar-refractivity contribution in [3.8, 4) is 0 Å². The number of rotatable bonds is 2. The van der Waals surface area contributed by atoms with Crippen molar-refractivity contribution in [3.05, 3.63) is 51.4 Å². The van der Waals surface area contributed by atoms with Crippen LogP contribution in [0.15, 0.2) is 33.4 Å². The Hall–Kier alpha value is -1.75. The van der Waals surface area contributed by atoms with E-state index in [1.165, 1.54) is 0 Å². The van der Waals surface area contributed by atoms with E-state index in [0.29, 0.717) is 0 Å². The molecule has 0 radical (unpaired) electrons. The number of carbonyl (C=O) groups excluding carboxylic acids is 1. The van der Waals surface area contributed by atoms with Crippen molar-refractivity contribution in [3.63, 3.8) is 0 Å². The molecular formula is C17H19BrN2O2. The van der Waals surface area contributed by atoms with Crippen molar-refractivity contribution in [2.24, 2.45) is 0 Å². The Labute approximate surface area is 138 Å². The zero-order chi connectivity index (χ0) is 15.7. The van der Waals surface area contributed by atoms with Gasteiger partial charge in [0, 0.05) is 22.1 Å². The quantitative estimate of drug-likeness (QED) is 0.801. The van der Waals surface area contributed by atoms with Crippen LogP contribution >= 0.6 is 15.9 Å². The zero-order valence-corrected chi connectivity index (χ0v) is 14.3. The van der Waals surface area contributed by atoms with E-state index in [1.807, 2.05) is 32.0 Å². The first-order valence-corrected chi connectivity index (χ1v) is 8.24. The van der Waals surface area contributed by atoms with Gasteiger partial charge in [0.2, 0.25) is 0 Å². The highest BCUT2D eigenvalue weighted by Crippen LogP contribution is 2.31. The van der Waals surface area contributed by atoms with Crippen LogP contribution < -0.4 is 10.6 Å². The average Bonchev–Trinajstić information content (AvgIpc) is 2.92. The molecule has 0 fully saturated rings. The van der Waals surface area contributed by atoms with Crippen LogP contribution in [-0.4, -0.2) is 6.03 Å². The summed E-state index contributed by atoms with van der Waals surface area (Å²) in [5.41, 5.74) is 4.04. The number of nitrogens with one attached hydrogen (secondary N) is 2. The summed E-state index contributed by atoms with van der Waals surface area (Å²) in [6.45, 7) is 3.98. The van der Waals surface area contributed by atoms with Gasteiger partial charge in [-0.05, 0) is 56.0 Å². The van der Waals surface area contributed by atoms with Gasteiger partial charge in [0.15, 0.2) is 0 Å². The van der Waals surface area contributed by atoms with E-state index in [9.17, 15) is 4.79 Å². The van der Waals surface area contributed by atoms with Crippen LogP contribution in [0.2, 0.25) is 0 Å². The summed E-state index contributed by atoms with van der Waals surface area (Å²) in [5, 5.41) is 6.03. The summed E-state index contributed by atoms with van der Waals surface area (Å²) in [6, 6.07) is 5.80. The van der Waals surface area contributed by atoms with Crippen LogP contribution in [0.1, 0.15) is 41.3 Å². The molecule has 0 saturated heterocycles. The molecule has 2 amide bonds. The van der Waals surface area contributed by atoms with Crippen molar-refractivity contribution in [1.29, 1.82) is 0 Å². The highest BCUT2D eigenvalue weighted by atomic mass is 79.9. The van der Waals surface area contributed by atoms with Crippen LogP contribution in [0.5, 0.6) is 0 Å². The Bertz CT molecular complexity index is 685. The van der Waals surface area contributed by atoms with E-state index in [1.54, 1.807) is 6.26 Å². The first-order valence-electron chi connectivity index (χ1n) is 7.45. The topological polar surface area (TPSA) is 54.3 Å². The number of furan rings is 1. The maximum absolute atomic E-state index is 12.3. The molecule has 5 heteroatoms. The lowest BCUT2D eigenvalue weighted by Crippen LogP contribution is -2.34. The van der Waals surface area contributed by atoms with Gasteiger partial charge in [0.25, 0.3) is 0 Å². The lowest BCUT2D eigenvalue weighted by Gasteiger charge is -2.23. The van der Waals surface area contributed by atoms with E-state index >= 15 is 0 Å². The second-order valence-corrected chi connectivity index (χ2v) is 6.67. The van der Waals surface area contributed by atoms with Gasteiger partial charge >= 0.3 is 6.03 Å². The Balaban J connectivity index is 1.72. The van der Waals surface area contributed by atoms with Crippen LogP contribution in [0, 0.1) is 13.8 Å². The largest absolute Gasteiger partial charge is 0.469 e. The maximum Gasteiger partial charge on any atom is 0.319 e. The monoisotopic (exact) mass is 362 g/mol. The summed E-state index contributed by atoms with van der Waals surface area (Å²) in [6.07, 6.45) is 4.62. The number of fused-ring (bicyclic) bond motifs is 1. The minimum atomic E-state index is -0.174. The third kappa shape index (κ3) is 3.04. The van der Waals surface area contributed by atoms with Gasteiger partial charge < -0.3 is 15.1 Å². The van der Waals surface area contributed by atoms with Crippen LogP contribution in [-0.2, 0) is 6.42 Å². The summed E-state index contributed by atoms with van der Waals surface area (Å²) < 4.78 is 6.48. The fourth-order valence-electron chi connectivity index (χ4n) is 3.05. The molecule has 1 unspecified atom stereocenters. The van der Waals surface area contributed by atoms with Gasteiger partial charge in [-0.25, -0.2) is 4.79 Å². The molecule has 22 heavy (non-hydrogen) atoms. The molecule has 1 atom stereocenters. The normalized spacial score (nSPS) is 17.0. The number of hydrogen-bond acceptors (Lipinski definition) is 2. The number of hydrogen-bond donors (Lipinski definition) is 2. The molecule has 1 aromatic carbocycles. The first-order chi connectivity index (χ1) is 10.5. The van der Waals surface area contributed by atoms with Crippen molar-refractivity contribution < 1.29 is 9.21 Å². The molecule has 0 aliphatic heterocycles. The SMILES string of the molecule is Cc1cc(Br)cc(C)c1NC(=O)NC1CCCc2occc21. The van der Waals surface area contributed by atoms with Crippen molar-refractivity contribution >= 4 is 27.6 Å². The van der Waals surface area contributed by atoms with E-state index in [-0.39, 0.29) is 12.1 Å². The van der Waals surface area contributed by atoms with Gasteiger partial charge in [0.05, 0.1) is 12.3 Å². The third-order valence-corrected chi connectivity index (χ3v) is 4.55. The Morgan fingerprint density at radius 1 is 1.32 bits per heavy atom. The number of aryl methyl sites for hydroxylation is 3. The molecule has 1 aromatic heterocycles. The van der Waals surface area contributed by atoms with E-state index in [2.05, 4.69) is 26.6 Å². The molecule has 4 nitrogen and oxygen atoms in total. The minimum Gasteiger partial charge on any atom is -0.469 e. The molecule has 1 aliphatic rings. The first kappa shape index (κ1) is 15.2. The summed E-state index contributed by atoms with van der Waals surface area (Å²) in [4.78, 5) is 12.3. The Morgan fingerprint density at radius 3 is 2.77 bits per heavy atom. The number of anilines is 1. The molecule has 1 aliphatic carbocycles. The van der Waals surface area contributed by atoms with Crippen molar-refractivity contribution in [2.75, 3.05) is 5.32 Å². The standard InChI is InChI=1S/C17H19BrN2O2/c1-10-8-12(18)9-11(2)16(10)20-17(21)19-14-4-3-5-15-13(14)6-7-22-15/h6-9,14H,3-5H2,1-2H3,(H2,19,20,21). The van der Waals surface area contributed by atoms with E-state index in [0.717, 1.165) is 51.9 Å². The van der Waals surface area contributed by atoms with E-state index in [4.69, 9.17) is 4.42 Å². The summed E-state index contributed by atoms with van der Waals surface area (Å²) in [7, 11) is 0. The summed E-state index contributed by atoms with van der Waals surface area (Å²) in [5.74, 6) is 0.993. The van der Waals surface area contributed by atoms with Crippen molar-refractivity contribution in [1.82, 2.24) is 5.32 Å². The lowest BCUT2D eigenvalue weighted by atomic mass is 9.93. The minimum absolute atomic E-state index is 0.0264. The highest BCUT2D eigenvalue weighted by molar-refractivity contribution is 9.10. The smallest absolute Gasteiger partial charge is 0.319 e. The van der Waals surface area contributed by atoms with Gasteiger partial charge in [-0.15, -0.1) is 0 Å². The average molecular weight is 363 g/mol. The molecule has 3 rings (SSSR count). The van der Waals surface area contributed by atoms with E-state index < -0.39 is 0 Å². The maximum atomic E-state index is 12.3. The van der Waals surface area contributed by atoms with Gasteiger partial charge in [-0.3, -0.25) is 0 Å². The molecule has 0 saturated carbocycles. The molecule has 1 heterocycles. The predicted molar refractivity (Wildman–Crippen MR) is 90.2 cm³/mol. The second kappa shape index (κ2) is 6.16. The van der Waals surface area contributed by atoms with Crippen LogP contribution in [0.4, 0.5) is 10.5 Å². The van der Waals surface area contributed by atoms with Crippen molar-refractivity contribution in [2.45, 2.75) is 39.2 Å².